The van der Waals surface area contributed by atoms with Crippen LogP contribution in [0.5, 0.6) is 5.75 Å². The zero-order valence-electron chi connectivity index (χ0n) is 14.1. The van der Waals surface area contributed by atoms with Crippen molar-refractivity contribution in [2.75, 3.05) is 0 Å². The standard InChI is InChI=1S/C20H30O/c1-15(14-17-8-6-7-9-17)16(2)18-10-12-19(13-11-18)21-20(3,4)5/h10-13,16-17H,1,6-9,14H2,2-5H3/t16-/m0/s1. The Labute approximate surface area is 130 Å². The summed E-state index contributed by atoms with van der Waals surface area (Å²) < 4.78 is 5.88. The molecule has 1 atom stereocenters. The second-order valence-corrected chi connectivity index (χ2v) is 7.52. The molecule has 1 fully saturated rings. The normalized spacial score (nSPS) is 17.7. The van der Waals surface area contributed by atoms with Gasteiger partial charge >= 0.3 is 0 Å². The molecule has 1 saturated carbocycles. The highest BCUT2D eigenvalue weighted by atomic mass is 16.5. The fraction of sp³-hybridized carbons (Fsp3) is 0.600. The Morgan fingerprint density at radius 2 is 1.76 bits per heavy atom. The first kappa shape index (κ1) is 16.1. The summed E-state index contributed by atoms with van der Waals surface area (Å²) in [5, 5.41) is 0. The van der Waals surface area contributed by atoms with Crippen molar-refractivity contribution in [3.63, 3.8) is 0 Å². The number of ether oxygens (including phenoxy) is 1. The lowest BCUT2D eigenvalue weighted by Crippen LogP contribution is -2.22. The Kier molecular flexibility index (Phi) is 5.13. The third kappa shape index (κ3) is 4.91. The van der Waals surface area contributed by atoms with E-state index in [9.17, 15) is 0 Å². The molecule has 1 aliphatic carbocycles. The fourth-order valence-electron chi connectivity index (χ4n) is 3.18. The SMILES string of the molecule is C=C(CC1CCCC1)[C@H](C)c1ccc(OC(C)(C)C)cc1. The van der Waals surface area contributed by atoms with Gasteiger partial charge in [-0.1, -0.05) is 56.9 Å². The van der Waals surface area contributed by atoms with E-state index in [1.54, 1.807) is 0 Å². The van der Waals surface area contributed by atoms with E-state index in [0.29, 0.717) is 5.92 Å². The zero-order valence-corrected chi connectivity index (χ0v) is 14.1. The number of benzene rings is 1. The molecule has 0 bridgehead atoms. The molecule has 21 heavy (non-hydrogen) atoms. The largest absolute Gasteiger partial charge is 0.488 e. The molecular formula is C20H30O. The highest BCUT2D eigenvalue weighted by molar-refractivity contribution is 5.33. The molecule has 2 rings (SSSR count). The van der Waals surface area contributed by atoms with Crippen LogP contribution < -0.4 is 4.74 Å². The number of rotatable bonds is 5. The van der Waals surface area contributed by atoms with Crippen LogP contribution in [0, 0.1) is 5.92 Å². The molecule has 0 saturated heterocycles. The van der Waals surface area contributed by atoms with Crippen molar-refractivity contribution in [1.29, 1.82) is 0 Å². The lowest BCUT2D eigenvalue weighted by Gasteiger charge is -2.22. The summed E-state index contributed by atoms with van der Waals surface area (Å²) >= 11 is 0. The van der Waals surface area contributed by atoms with E-state index < -0.39 is 0 Å². The van der Waals surface area contributed by atoms with Gasteiger partial charge in [0.1, 0.15) is 11.4 Å². The second kappa shape index (κ2) is 6.68. The molecule has 1 aromatic rings. The predicted molar refractivity (Wildman–Crippen MR) is 91.0 cm³/mol. The van der Waals surface area contributed by atoms with Gasteiger partial charge in [-0.15, -0.1) is 0 Å². The summed E-state index contributed by atoms with van der Waals surface area (Å²) in [4.78, 5) is 0. The molecule has 1 aliphatic rings. The van der Waals surface area contributed by atoms with Crippen molar-refractivity contribution in [2.24, 2.45) is 5.92 Å². The first-order valence-corrected chi connectivity index (χ1v) is 8.32. The highest BCUT2D eigenvalue weighted by Crippen LogP contribution is 2.35. The molecule has 0 unspecified atom stereocenters. The fourth-order valence-corrected chi connectivity index (χ4v) is 3.18. The van der Waals surface area contributed by atoms with Gasteiger partial charge in [0.2, 0.25) is 0 Å². The molecule has 1 heteroatoms. The lowest BCUT2D eigenvalue weighted by molar-refractivity contribution is 0.131. The molecular weight excluding hydrogens is 256 g/mol. The van der Waals surface area contributed by atoms with Crippen molar-refractivity contribution >= 4 is 0 Å². The third-order valence-corrected chi connectivity index (χ3v) is 4.44. The Bertz CT molecular complexity index is 458. The molecule has 116 valence electrons. The van der Waals surface area contributed by atoms with Crippen molar-refractivity contribution in [2.45, 2.75) is 71.3 Å². The monoisotopic (exact) mass is 286 g/mol. The minimum atomic E-state index is -0.140. The van der Waals surface area contributed by atoms with E-state index in [2.05, 4.69) is 58.5 Å². The Morgan fingerprint density at radius 3 is 2.29 bits per heavy atom. The smallest absolute Gasteiger partial charge is 0.120 e. The molecule has 0 amide bonds. The van der Waals surface area contributed by atoms with E-state index in [-0.39, 0.29) is 5.60 Å². The maximum atomic E-state index is 5.88. The summed E-state index contributed by atoms with van der Waals surface area (Å²) in [6.45, 7) is 12.8. The van der Waals surface area contributed by atoms with Crippen molar-refractivity contribution < 1.29 is 4.74 Å². The third-order valence-electron chi connectivity index (χ3n) is 4.44. The van der Waals surface area contributed by atoms with Crippen molar-refractivity contribution in [1.82, 2.24) is 0 Å². The van der Waals surface area contributed by atoms with Gasteiger partial charge in [-0.25, -0.2) is 0 Å². The van der Waals surface area contributed by atoms with E-state index in [1.807, 2.05) is 0 Å². The molecule has 0 spiro atoms. The molecule has 1 nitrogen and oxygen atoms in total. The summed E-state index contributed by atoms with van der Waals surface area (Å²) in [5.74, 6) is 2.26. The lowest BCUT2D eigenvalue weighted by atomic mass is 9.87. The van der Waals surface area contributed by atoms with Crippen LogP contribution in [-0.2, 0) is 0 Å². The van der Waals surface area contributed by atoms with E-state index in [0.717, 1.165) is 11.7 Å². The van der Waals surface area contributed by atoms with Gasteiger partial charge in [0, 0.05) is 5.92 Å². The molecule has 0 radical (unpaired) electrons. The first-order chi connectivity index (χ1) is 9.85. The van der Waals surface area contributed by atoms with Gasteiger partial charge in [-0.05, 0) is 50.8 Å². The van der Waals surface area contributed by atoms with Crippen LogP contribution in [0.1, 0.15) is 71.3 Å². The molecule has 0 heterocycles. The van der Waals surface area contributed by atoms with Gasteiger partial charge in [-0.3, -0.25) is 0 Å². The molecule has 0 aliphatic heterocycles. The summed E-state index contributed by atoms with van der Waals surface area (Å²) in [6.07, 6.45) is 6.80. The number of hydrogen-bond donors (Lipinski definition) is 0. The molecule has 1 aromatic carbocycles. The van der Waals surface area contributed by atoms with Crippen molar-refractivity contribution in [3.8, 4) is 5.75 Å². The second-order valence-electron chi connectivity index (χ2n) is 7.52. The van der Waals surface area contributed by atoms with E-state index in [1.165, 1.54) is 43.2 Å². The van der Waals surface area contributed by atoms with Crippen LogP contribution in [0.15, 0.2) is 36.4 Å². The Hall–Kier alpha value is -1.24. The van der Waals surface area contributed by atoms with Gasteiger partial charge in [0.05, 0.1) is 0 Å². The quantitative estimate of drug-likeness (QED) is 0.594. The Morgan fingerprint density at radius 1 is 1.19 bits per heavy atom. The van der Waals surface area contributed by atoms with Crippen LogP contribution in [0.2, 0.25) is 0 Å². The van der Waals surface area contributed by atoms with Crippen LogP contribution in [0.3, 0.4) is 0 Å². The minimum absolute atomic E-state index is 0.140. The summed E-state index contributed by atoms with van der Waals surface area (Å²) in [5.41, 5.74) is 2.59. The average molecular weight is 286 g/mol. The molecule has 0 aromatic heterocycles. The number of allylic oxidation sites excluding steroid dienone is 1. The number of hydrogen-bond acceptors (Lipinski definition) is 1. The maximum absolute atomic E-state index is 5.88. The van der Waals surface area contributed by atoms with E-state index in [4.69, 9.17) is 4.74 Å². The van der Waals surface area contributed by atoms with Crippen LogP contribution in [0.4, 0.5) is 0 Å². The minimum Gasteiger partial charge on any atom is -0.488 e. The van der Waals surface area contributed by atoms with Crippen molar-refractivity contribution in [3.05, 3.63) is 42.0 Å². The highest BCUT2D eigenvalue weighted by Gasteiger charge is 2.19. The van der Waals surface area contributed by atoms with E-state index >= 15 is 0 Å². The topological polar surface area (TPSA) is 9.23 Å². The van der Waals surface area contributed by atoms with Crippen LogP contribution in [-0.4, -0.2) is 5.60 Å². The summed E-state index contributed by atoms with van der Waals surface area (Å²) in [6, 6.07) is 8.54. The van der Waals surface area contributed by atoms with Gasteiger partial charge in [0.25, 0.3) is 0 Å². The first-order valence-electron chi connectivity index (χ1n) is 8.32. The van der Waals surface area contributed by atoms with Gasteiger partial charge in [-0.2, -0.15) is 0 Å². The predicted octanol–water partition coefficient (Wildman–Crippen LogP) is 6.10. The summed E-state index contributed by atoms with van der Waals surface area (Å²) in [7, 11) is 0. The van der Waals surface area contributed by atoms with Gasteiger partial charge in [0.15, 0.2) is 0 Å². The van der Waals surface area contributed by atoms with Gasteiger partial charge < -0.3 is 4.74 Å². The average Bonchev–Trinajstić information content (AvgIpc) is 2.90. The maximum Gasteiger partial charge on any atom is 0.120 e. The zero-order chi connectivity index (χ0) is 15.5. The van der Waals surface area contributed by atoms with Crippen LogP contribution >= 0.6 is 0 Å². The Balaban J connectivity index is 1.95. The molecule has 0 N–H and O–H groups in total. The van der Waals surface area contributed by atoms with Crippen LogP contribution in [0.25, 0.3) is 0 Å².